The van der Waals surface area contributed by atoms with Crippen molar-refractivity contribution >= 4 is 17.7 Å². The third-order valence-corrected chi connectivity index (χ3v) is 5.35. The largest absolute Gasteiger partial charge is 0.483 e. The van der Waals surface area contributed by atoms with Gasteiger partial charge in [-0.25, -0.2) is 8.78 Å². The quantitative estimate of drug-likeness (QED) is 0.373. The van der Waals surface area contributed by atoms with E-state index in [0.29, 0.717) is 17.5 Å². The molecule has 3 rings (SSSR count). The number of nitrogens with zero attached hydrogens (tertiary/aromatic N) is 3. The highest BCUT2D eigenvalue weighted by Gasteiger charge is 2.16. The van der Waals surface area contributed by atoms with Crippen molar-refractivity contribution in [2.75, 3.05) is 5.75 Å². The lowest BCUT2D eigenvalue weighted by Gasteiger charge is -2.14. The van der Waals surface area contributed by atoms with Crippen molar-refractivity contribution in [2.45, 2.75) is 31.3 Å². The fourth-order valence-electron chi connectivity index (χ4n) is 2.80. The van der Waals surface area contributed by atoms with Gasteiger partial charge < -0.3 is 10.1 Å². The first kappa shape index (κ1) is 22.5. The molecule has 6 nitrogen and oxygen atoms in total. The maximum Gasteiger partial charge on any atom is 0.230 e. The third-order valence-electron chi connectivity index (χ3n) is 4.38. The Hall–Kier alpha value is -3.20. The molecule has 1 aromatic heterocycles. The molecule has 31 heavy (non-hydrogen) atoms. The number of nitrogens with one attached hydrogen (secondary N) is 1. The van der Waals surface area contributed by atoms with E-state index in [2.05, 4.69) is 22.1 Å². The van der Waals surface area contributed by atoms with Gasteiger partial charge in [0.25, 0.3) is 0 Å². The van der Waals surface area contributed by atoms with E-state index in [0.717, 1.165) is 5.56 Å². The highest BCUT2D eigenvalue weighted by Crippen LogP contribution is 2.21. The van der Waals surface area contributed by atoms with Gasteiger partial charge in [-0.3, -0.25) is 9.36 Å². The predicted octanol–water partition coefficient (Wildman–Crippen LogP) is 4.29. The average molecular weight is 445 g/mol. The van der Waals surface area contributed by atoms with Gasteiger partial charge in [0, 0.05) is 6.54 Å². The van der Waals surface area contributed by atoms with Crippen LogP contribution in [-0.2, 0) is 17.9 Å². The summed E-state index contributed by atoms with van der Waals surface area (Å²) >= 11 is 1.22. The summed E-state index contributed by atoms with van der Waals surface area (Å²) in [4.78, 5) is 12.3. The molecule has 0 aliphatic heterocycles. The maximum atomic E-state index is 13.8. The lowest BCUT2D eigenvalue weighted by atomic mass is 10.1. The molecule has 0 fully saturated rings. The minimum atomic E-state index is -0.459. The van der Waals surface area contributed by atoms with Crippen LogP contribution in [0.4, 0.5) is 8.78 Å². The van der Waals surface area contributed by atoms with Crippen LogP contribution in [0.5, 0.6) is 5.75 Å². The zero-order valence-electron chi connectivity index (χ0n) is 16.9. The number of thioether (sulfide) groups is 1. The number of aromatic nitrogens is 3. The number of carbonyl (C=O) groups is 1. The van der Waals surface area contributed by atoms with Crippen molar-refractivity contribution < 1.29 is 18.3 Å². The van der Waals surface area contributed by atoms with E-state index in [1.807, 2.05) is 6.92 Å². The Labute approximate surface area is 183 Å². The Morgan fingerprint density at radius 1 is 1.23 bits per heavy atom. The normalized spacial score (nSPS) is 11.7. The molecule has 1 amide bonds. The molecule has 3 aromatic rings. The number of amides is 1. The van der Waals surface area contributed by atoms with Gasteiger partial charge in [0.1, 0.15) is 12.4 Å². The van der Waals surface area contributed by atoms with E-state index < -0.39 is 5.82 Å². The number of ether oxygens (including phenoxy) is 1. The number of para-hydroxylation sites is 1. The minimum absolute atomic E-state index is 0.0239. The molecule has 0 saturated carbocycles. The van der Waals surface area contributed by atoms with Crippen molar-refractivity contribution in [2.24, 2.45) is 0 Å². The molecule has 162 valence electrons. The average Bonchev–Trinajstić information content (AvgIpc) is 3.14. The second-order valence-corrected chi connectivity index (χ2v) is 7.59. The highest BCUT2D eigenvalue weighted by atomic mass is 32.2. The van der Waals surface area contributed by atoms with Crippen LogP contribution in [0.1, 0.15) is 24.4 Å². The van der Waals surface area contributed by atoms with E-state index >= 15 is 0 Å². The van der Waals surface area contributed by atoms with Crippen LogP contribution in [0.3, 0.4) is 0 Å². The molecule has 2 aromatic carbocycles. The Morgan fingerprint density at radius 2 is 1.97 bits per heavy atom. The van der Waals surface area contributed by atoms with Crippen molar-refractivity contribution in [1.82, 2.24) is 20.1 Å². The fourth-order valence-corrected chi connectivity index (χ4v) is 3.57. The van der Waals surface area contributed by atoms with Crippen molar-refractivity contribution in [3.05, 3.63) is 84.2 Å². The first-order valence-electron chi connectivity index (χ1n) is 9.56. The summed E-state index contributed by atoms with van der Waals surface area (Å²) in [6, 6.07) is 11.8. The van der Waals surface area contributed by atoms with Gasteiger partial charge in [-0.15, -0.1) is 16.8 Å². The second kappa shape index (κ2) is 10.7. The van der Waals surface area contributed by atoms with Gasteiger partial charge >= 0.3 is 0 Å². The van der Waals surface area contributed by atoms with Gasteiger partial charge in [-0.05, 0) is 36.8 Å². The molecule has 0 aliphatic carbocycles. The maximum absolute atomic E-state index is 13.8. The van der Waals surface area contributed by atoms with E-state index in [4.69, 9.17) is 4.74 Å². The number of carbonyl (C=O) groups excluding carboxylic acids is 1. The molecule has 0 saturated heterocycles. The summed E-state index contributed by atoms with van der Waals surface area (Å²) in [5.41, 5.74) is 0.808. The Bertz CT molecular complexity index is 1040. The summed E-state index contributed by atoms with van der Waals surface area (Å²) in [7, 11) is 0. The Morgan fingerprint density at radius 3 is 2.68 bits per heavy atom. The minimum Gasteiger partial charge on any atom is -0.483 e. The summed E-state index contributed by atoms with van der Waals surface area (Å²) in [5, 5.41) is 11.6. The van der Waals surface area contributed by atoms with E-state index in [-0.39, 0.29) is 35.9 Å². The van der Waals surface area contributed by atoms with Crippen LogP contribution in [0.15, 0.2) is 66.3 Å². The highest BCUT2D eigenvalue weighted by molar-refractivity contribution is 7.99. The number of rotatable bonds is 10. The van der Waals surface area contributed by atoms with Gasteiger partial charge in [0.05, 0.1) is 11.8 Å². The molecule has 0 spiro atoms. The monoisotopic (exact) mass is 444 g/mol. The molecule has 9 heteroatoms. The molecule has 0 bridgehead atoms. The Balaban J connectivity index is 1.59. The van der Waals surface area contributed by atoms with E-state index in [1.54, 1.807) is 34.9 Å². The first-order chi connectivity index (χ1) is 15.0. The molecule has 1 N–H and O–H groups in total. The van der Waals surface area contributed by atoms with Crippen LogP contribution in [0.25, 0.3) is 0 Å². The topological polar surface area (TPSA) is 69.0 Å². The van der Waals surface area contributed by atoms with Gasteiger partial charge in [0.2, 0.25) is 5.91 Å². The Kier molecular flexibility index (Phi) is 7.77. The SMILES string of the molecule is C=CCn1c(COc2ccccc2F)nnc1SCC(=O)N[C@@H](C)c1ccc(F)cc1. The first-order valence-corrected chi connectivity index (χ1v) is 10.5. The molecule has 0 radical (unpaired) electrons. The summed E-state index contributed by atoms with van der Waals surface area (Å²) in [6.45, 7) is 6.00. The number of hydrogen-bond acceptors (Lipinski definition) is 5. The van der Waals surface area contributed by atoms with E-state index in [9.17, 15) is 13.6 Å². The summed E-state index contributed by atoms with van der Waals surface area (Å²) in [6.07, 6.45) is 1.68. The molecule has 1 atom stereocenters. The smallest absolute Gasteiger partial charge is 0.230 e. The van der Waals surface area contributed by atoms with Gasteiger partial charge in [-0.1, -0.05) is 42.1 Å². The van der Waals surface area contributed by atoms with Crippen molar-refractivity contribution in [1.29, 1.82) is 0 Å². The number of benzene rings is 2. The zero-order valence-corrected chi connectivity index (χ0v) is 17.7. The fraction of sp³-hybridized carbons (Fsp3) is 0.227. The number of hydrogen-bond donors (Lipinski definition) is 1. The standard InChI is InChI=1S/C22H22F2N4O2S/c1-3-12-28-20(13-30-19-7-5-4-6-18(19)24)26-27-22(28)31-14-21(29)25-15(2)16-8-10-17(23)11-9-16/h3-11,15H,1,12-14H2,2H3,(H,25,29)/t15-/m0/s1. The molecule has 0 unspecified atom stereocenters. The second-order valence-electron chi connectivity index (χ2n) is 6.65. The number of halogens is 2. The third kappa shape index (κ3) is 6.14. The van der Waals surface area contributed by atoms with Crippen LogP contribution in [0, 0.1) is 11.6 Å². The zero-order chi connectivity index (χ0) is 22.2. The summed E-state index contributed by atoms with van der Waals surface area (Å²) in [5.74, 6) is -0.244. The molecular weight excluding hydrogens is 422 g/mol. The predicted molar refractivity (Wildman–Crippen MR) is 115 cm³/mol. The molecule has 0 aliphatic rings. The van der Waals surface area contributed by atoms with E-state index in [1.165, 1.54) is 36.0 Å². The van der Waals surface area contributed by atoms with Crippen molar-refractivity contribution in [3.8, 4) is 5.75 Å². The van der Waals surface area contributed by atoms with Crippen LogP contribution in [-0.4, -0.2) is 26.4 Å². The van der Waals surface area contributed by atoms with Gasteiger partial charge in [0.15, 0.2) is 22.5 Å². The summed E-state index contributed by atoms with van der Waals surface area (Å²) < 4.78 is 34.1. The van der Waals surface area contributed by atoms with Crippen LogP contribution < -0.4 is 10.1 Å². The van der Waals surface area contributed by atoms with Crippen molar-refractivity contribution in [3.63, 3.8) is 0 Å². The lowest BCUT2D eigenvalue weighted by Crippen LogP contribution is -2.28. The van der Waals surface area contributed by atoms with Crippen LogP contribution >= 0.6 is 11.8 Å². The van der Waals surface area contributed by atoms with Crippen LogP contribution in [0.2, 0.25) is 0 Å². The lowest BCUT2D eigenvalue weighted by molar-refractivity contribution is -0.119. The van der Waals surface area contributed by atoms with Gasteiger partial charge in [-0.2, -0.15) is 0 Å². The molecular formula is C22H22F2N4O2S. The number of allylic oxidation sites excluding steroid dienone is 1. The molecule has 1 heterocycles.